The minimum absolute atomic E-state index is 0.0280. The minimum atomic E-state index is -0.977. The van der Waals surface area contributed by atoms with Crippen LogP contribution in [0.3, 0.4) is 0 Å². The van der Waals surface area contributed by atoms with Crippen LogP contribution in [0.1, 0.15) is 36.6 Å². The van der Waals surface area contributed by atoms with Crippen molar-refractivity contribution >= 4 is 29.1 Å². The summed E-state index contributed by atoms with van der Waals surface area (Å²) in [4.78, 5) is 39.0. The van der Waals surface area contributed by atoms with Crippen molar-refractivity contribution in [2.45, 2.75) is 32.4 Å². The lowest BCUT2D eigenvalue weighted by molar-refractivity contribution is -0.136. The standard InChI is InChI=1S/C29H27NO7/c1-17(2)37-22-13-9-19(10-14-22)27(33)25-26(20-5-4-6-23(16-20)36-3)30(29(35)28(25)34)21-11-7-18(8-12-21)15-24(31)32/h4-14,16-17,26,33H,15H2,1-3H3,(H,31,32)/b27-25-. The van der Waals surface area contributed by atoms with Gasteiger partial charge in [-0.25, -0.2) is 0 Å². The van der Waals surface area contributed by atoms with Crippen LogP contribution in [0.15, 0.2) is 78.4 Å². The summed E-state index contributed by atoms with van der Waals surface area (Å²) in [6.07, 6.45) is -0.200. The molecule has 0 spiro atoms. The number of aliphatic hydroxyl groups excluding tert-OH is 1. The summed E-state index contributed by atoms with van der Waals surface area (Å²) >= 11 is 0. The maximum atomic E-state index is 13.3. The molecule has 3 aromatic rings. The summed E-state index contributed by atoms with van der Waals surface area (Å²) in [6.45, 7) is 3.80. The van der Waals surface area contributed by atoms with E-state index in [4.69, 9.17) is 14.6 Å². The first-order valence-corrected chi connectivity index (χ1v) is 11.7. The summed E-state index contributed by atoms with van der Waals surface area (Å²) in [7, 11) is 1.51. The van der Waals surface area contributed by atoms with Gasteiger partial charge in [-0.3, -0.25) is 19.3 Å². The molecule has 1 aliphatic rings. The van der Waals surface area contributed by atoms with Crippen molar-refractivity contribution in [2.75, 3.05) is 12.0 Å². The van der Waals surface area contributed by atoms with Crippen molar-refractivity contribution in [1.82, 2.24) is 0 Å². The first-order chi connectivity index (χ1) is 17.7. The number of benzene rings is 3. The third-order valence-corrected chi connectivity index (χ3v) is 5.92. The molecule has 1 atom stereocenters. The molecule has 1 fully saturated rings. The fourth-order valence-corrected chi connectivity index (χ4v) is 4.29. The molecule has 4 rings (SSSR count). The Hall–Kier alpha value is -4.59. The third kappa shape index (κ3) is 5.33. The number of amides is 1. The van der Waals surface area contributed by atoms with Crippen molar-refractivity contribution in [1.29, 1.82) is 0 Å². The van der Waals surface area contributed by atoms with Crippen molar-refractivity contribution in [3.05, 3.63) is 95.1 Å². The van der Waals surface area contributed by atoms with E-state index in [1.807, 2.05) is 13.8 Å². The summed E-state index contributed by atoms with van der Waals surface area (Å²) in [5, 5.41) is 20.4. The molecule has 8 nitrogen and oxygen atoms in total. The quantitative estimate of drug-likeness (QED) is 0.260. The highest BCUT2D eigenvalue weighted by molar-refractivity contribution is 6.51. The Labute approximate surface area is 214 Å². The summed E-state index contributed by atoms with van der Waals surface area (Å²) < 4.78 is 11.0. The van der Waals surface area contributed by atoms with Gasteiger partial charge in [0.25, 0.3) is 11.7 Å². The number of anilines is 1. The Morgan fingerprint density at radius 2 is 1.62 bits per heavy atom. The number of hydrogen-bond acceptors (Lipinski definition) is 6. The van der Waals surface area contributed by atoms with Gasteiger partial charge in [0, 0.05) is 11.3 Å². The lowest BCUT2D eigenvalue weighted by atomic mass is 9.95. The number of Topliss-reactive ketones (excluding diaryl/α,β-unsaturated/α-hetero) is 1. The molecule has 0 saturated carbocycles. The molecule has 1 heterocycles. The van der Waals surface area contributed by atoms with Crippen LogP contribution >= 0.6 is 0 Å². The Balaban J connectivity index is 1.84. The molecular weight excluding hydrogens is 474 g/mol. The van der Waals surface area contributed by atoms with E-state index in [0.717, 1.165) is 0 Å². The highest BCUT2D eigenvalue weighted by Crippen LogP contribution is 2.43. The molecule has 0 aromatic heterocycles. The second kappa shape index (κ2) is 10.6. The van der Waals surface area contributed by atoms with Gasteiger partial charge in [0.15, 0.2) is 0 Å². The zero-order chi connectivity index (χ0) is 26.7. The van der Waals surface area contributed by atoms with E-state index in [-0.39, 0.29) is 23.9 Å². The van der Waals surface area contributed by atoms with Gasteiger partial charge in [0.2, 0.25) is 0 Å². The second-order valence-electron chi connectivity index (χ2n) is 8.87. The zero-order valence-electron chi connectivity index (χ0n) is 20.7. The molecule has 8 heteroatoms. The van der Waals surface area contributed by atoms with E-state index < -0.39 is 23.7 Å². The van der Waals surface area contributed by atoms with Gasteiger partial charge in [-0.1, -0.05) is 24.3 Å². The molecular formula is C29H27NO7. The van der Waals surface area contributed by atoms with E-state index in [0.29, 0.717) is 33.9 Å². The molecule has 2 N–H and O–H groups in total. The Bertz CT molecular complexity index is 1360. The number of carboxylic acid groups (broad SMARTS) is 1. The Morgan fingerprint density at radius 1 is 0.946 bits per heavy atom. The van der Waals surface area contributed by atoms with Crippen molar-refractivity contribution in [2.24, 2.45) is 0 Å². The number of carboxylic acids is 1. The number of hydrogen-bond donors (Lipinski definition) is 2. The first kappa shape index (κ1) is 25.5. The summed E-state index contributed by atoms with van der Waals surface area (Å²) in [5.74, 6) is -1.79. The van der Waals surface area contributed by atoms with Crippen molar-refractivity contribution < 1.29 is 34.1 Å². The predicted molar refractivity (Wildman–Crippen MR) is 138 cm³/mol. The molecule has 3 aromatic carbocycles. The Morgan fingerprint density at radius 3 is 2.22 bits per heavy atom. The number of rotatable bonds is 8. The predicted octanol–water partition coefficient (Wildman–Crippen LogP) is 4.74. The molecule has 37 heavy (non-hydrogen) atoms. The number of ketones is 1. The van der Waals surface area contributed by atoms with Crippen LogP contribution < -0.4 is 14.4 Å². The van der Waals surface area contributed by atoms with Crippen LogP contribution in [-0.2, 0) is 20.8 Å². The minimum Gasteiger partial charge on any atom is -0.507 e. The maximum Gasteiger partial charge on any atom is 0.307 e. The molecule has 0 radical (unpaired) electrons. The number of nitrogens with zero attached hydrogens (tertiary/aromatic N) is 1. The smallest absolute Gasteiger partial charge is 0.307 e. The van der Waals surface area contributed by atoms with E-state index in [1.165, 1.54) is 12.0 Å². The number of carbonyl (C=O) groups excluding carboxylic acids is 2. The van der Waals surface area contributed by atoms with Crippen LogP contribution in [0.5, 0.6) is 11.5 Å². The number of methoxy groups -OCH3 is 1. The van der Waals surface area contributed by atoms with Crippen LogP contribution in [0.25, 0.3) is 5.76 Å². The van der Waals surface area contributed by atoms with Gasteiger partial charge in [-0.15, -0.1) is 0 Å². The van der Waals surface area contributed by atoms with Gasteiger partial charge in [0.05, 0.1) is 31.2 Å². The molecule has 1 amide bonds. The van der Waals surface area contributed by atoms with E-state index in [2.05, 4.69) is 0 Å². The first-order valence-electron chi connectivity index (χ1n) is 11.7. The Kier molecular flexibility index (Phi) is 7.29. The monoisotopic (exact) mass is 501 g/mol. The highest BCUT2D eigenvalue weighted by Gasteiger charge is 2.47. The molecule has 1 aliphatic heterocycles. The van der Waals surface area contributed by atoms with E-state index >= 15 is 0 Å². The normalized spacial score (nSPS) is 16.8. The van der Waals surface area contributed by atoms with Gasteiger partial charge < -0.3 is 19.7 Å². The van der Waals surface area contributed by atoms with Crippen LogP contribution in [0.2, 0.25) is 0 Å². The molecule has 0 aliphatic carbocycles. The van der Waals surface area contributed by atoms with Crippen LogP contribution in [0.4, 0.5) is 5.69 Å². The molecule has 1 saturated heterocycles. The molecule has 1 unspecified atom stereocenters. The van der Waals surface area contributed by atoms with Crippen LogP contribution in [-0.4, -0.2) is 41.1 Å². The lowest BCUT2D eigenvalue weighted by Crippen LogP contribution is -2.29. The van der Waals surface area contributed by atoms with Gasteiger partial charge in [0.1, 0.15) is 17.3 Å². The SMILES string of the molecule is COc1cccc(C2/C(=C(/O)c3ccc(OC(C)C)cc3)C(=O)C(=O)N2c2ccc(CC(=O)O)cc2)c1. The maximum absolute atomic E-state index is 13.3. The number of carbonyl (C=O) groups is 3. The average molecular weight is 502 g/mol. The topological polar surface area (TPSA) is 113 Å². The van der Waals surface area contributed by atoms with E-state index in [9.17, 15) is 19.5 Å². The highest BCUT2D eigenvalue weighted by atomic mass is 16.5. The van der Waals surface area contributed by atoms with Crippen molar-refractivity contribution in [3.63, 3.8) is 0 Å². The average Bonchev–Trinajstić information content (AvgIpc) is 3.14. The fraction of sp³-hybridized carbons (Fsp3) is 0.207. The molecule has 0 bridgehead atoms. The van der Waals surface area contributed by atoms with Gasteiger partial charge >= 0.3 is 5.97 Å². The largest absolute Gasteiger partial charge is 0.507 e. The van der Waals surface area contributed by atoms with Crippen molar-refractivity contribution in [3.8, 4) is 11.5 Å². The summed E-state index contributed by atoms with van der Waals surface area (Å²) in [5.41, 5.74) is 1.80. The number of ether oxygens (including phenoxy) is 2. The van der Waals surface area contributed by atoms with Gasteiger partial charge in [-0.2, -0.15) is 0 Å². The third-order valence-electron chi connectivity index (χ3n) is 5.92. The lowest BCUT2D eigenvalue weighted by Gasteiger charge is -2.26. The van der Waals surface area contributed by atoms with E-state index in [1.54, 1.807) is 72.8 Å². The zero-order valence-corrected chi connectivity index (χ0v) is 20.7. The molecule has 190 valence electrons. The summed E-state index contributed by atoms with van der Waals surface area (Å²) in [6, 6.07) is 19.0. The number of aliphatic hydroxyl groups is 1. The second-order valence-corrected chi connectivity index (χ2v) is 8.87. The number of aliphatic carboxylic acids is 1. The van der Waals surface area contributed by atoms with Gasteiger partial charge in [-0.05, 0) is 73.5 Å². The fourth-order valence-electron chi connectivity index (χ4n) is 4.29. The van der Waals surface area contributed by atoms with Crippen LogP contribution in [0, 0.1) is 0 Å².